The molecule has 64 valence electrons. The fourth-order valence-electron chi connectivity index (χ4n) is 0.653. The smallest absolute Gasteiger partial charge is 0.338 e. The van der Waals surface area contributed by atoms with E-state index in [2.05, 4.69) is 0 Å². The predicted molar refractivity (Wildman–Crippen MR) is 40.9 cm³/mol. The molecule has 0 heterocycles. The Labute approximate surface area is 65.4 Å². The molecule has 0 aliphatic rings. The number of nitrogens with one attached hydrogen (secondary N) is 1. The zero-order valence-corrected chi connectivity index (χ0v) is 6.50. The second-order valence-corrected chi connectivity index (χ2v) is 2.37. The van der Waals surface area contributed by atoms with Crippen molar-refractivity contribution in [1.29, 1.82) is 5.41 Å². The summed E-state index contributed by atoms with van der Waals surface area (Å²) in [5.74, 6) is -1.34. The molecule has 0 spiro atoms. The fraction of sp³-hybridized carbons (Fsp3) is 0.714. The SMILES string of the molecule is CCCCC(=N)C(O)C(=O)O. The maximum absolute atomic E-state index is 10.1. The van der Waals surface area contributed by atoms with Gasteiger partial charge in [-0.25, -0.2) is 4.79 Å². The molecule has 1 unspecified atom stereocenters. The molecule has 3 N–H and O–H groups in total. The third kappa shape index (κ3) is 3.72. The minimum atomic E-state index is -1.61. The van der Waals surface area contributed by atoms with Crippen molar-refractivity contribution in [3.63, 3.8) is 0 Å². The quantitative estimate of drug-likeness (QED) is 0.515. The molecule has 0 aromatic heterocycles. The van der Waals surface area contributed by atoms with Crippen LogP contribution in [0.3, 0.4) is 0 Å². The summed E-state index contributed by atoms with van der Waals surface area (Å²) in [6, 6.07) is 0. The monoisotopic (exact) mass is 159 g/mol. The van der Waals surface area contributed by atoms with Crippen LogP contribution in [0.1, 0.15) is 26.2 Å². The highest BCUT2D eigenvalue weighted by atomic mass is 16.4. The Bertz CT molecular complexity index is 156. The largest absolute Gasteiger partial charge is 0.479 e. The number of unbranched alkanes of at least 4 members (excludes halogenated alkanes) is 1. The molecule has 0 aliphatic carbocycles. The van der Waals surface area contributed by atoms with Crippen molar-refractivity contribution in [3.05, 3.63) is 0 Å². The summed E-state index contributed by atoms with van der Waals surface area (Å²) in [5.41, 5.74) is -0.112. The fourth-order valence-corrected chi connectivity index (χ4v) is 0.653. The second kappa shape index (κ2) is 4.85. The third-order valence-corrected chi connectivity index (χ3v) is 1.36. The Hall–Kier alpha value is -0.900. The number of rotatable bonds is 5. The van der Waals surface area contributed by atoms with Crippen molar-refractivity contribution in [3.8, 4) is 0 Å². The van der Waals surface area contributed by atoms with E-state index in [4.69, 9.17) is 15.6 Å². The van der Waals surface area contributed by atoms with Crippen LogP contribution < -0.4 is 0 Å². The van der Waals surface area contributed by atoms with E-state index in [0.717, 1.165) is 12.8 Å². The minimum Gasteiger partial charge on any atom is -0.479 e. The van der Waals surface area contributed by atoms with E-state index in [1.807, 2.05) is 6.92 Å². The van der Waals surface area contributed by atoms with Crippen molar-refractivity contribution in [2.24, 2.45) is 0 Å². The highest BCUT2D eigenvalue weighted by molar-refractivity contribution is 6.02. The summed E-state index contributed by atoms with van der Waals surface area (Å²) < 4.78 is 0. The van der Waals surface area contributed by atoms with Crippen molar-refractivity contribution in [2.75, 3.05) is 0 Å². The molecule has 0 saturated carbocycles. The van der Waals surface area contributed by atoms with Crippen molar-refractivity contribution in [1.82, 2.24) is 0 Å². The molecule has 11 heavy (non-hydrogen) atoms. The Morgan fingerprint density at radius 3 is 2.55 bits per heavy atom. The van der Waals surface area contributed by atoms with Crippen LogP contribution >= 0.6 is 0 Å². The molecule has 4 nitrogen and oxygen atoms in total. The van der Waals surface area contributed by atoms with Gasteiger partial charge in [0.2, 0.25) is 0 Å². The van der Waals surface area contributed by atoms with E-state index in [9.17, 15) is 4.79 Å². The predicted octanol–water partition coefficient (Wildman–Crippen LogP) is 0.642. The molecule has 4 heteroatoms. The average Bonchev–Trinajstić information content (AvgIpc) is 1.98. The molecule has 0 bridgehead atoms. The Morgan fingerprint density at radius 1 is 1.64 bits per heavy atom. The molecule has 1 atom stereocenters. The first-order valence-electron chi connectivity index (χ1n) is 3.57. The number of aliphatic hydroxyl groups is 1. The molecule has 0 aromatic rings. The summed E-state index contributed by atoms with van der Waals surface area (Å²) >= 11 is 0. The zero-order chi connectivity index (χ0) is 8.85. The first kappa shape index (κ1) is 10.1. The lowest BCUT2D eigenvalue weighted by Crippen LogP contribution is -2.28. The van der Waals surface area contributed by atoms with Crippen molar-refractivity contribution < 1.29 is 15.0 Å². The third-order valence-electron chi connectivity index (χ3n) is 1.36. The first-order chi connectivity index (χ1) is 5.09. The number of carboxylic acid groups (broad SMARTS) is 1. The van der Waals surface area contributed by atoms with Gasteiger partial charge in [-0.3, -0.25) is 0 Å². The number of aliphatic carboxylic acids is 1. The van der Waals surface area contributed by atoms with Crippen LogP contribution in [0.5, 0.6) is 0 Å². The summed E-state index contributed by atoms with van der Waals surface area (Å²) in [6.45, 7) is 1.94. The van der Waals surface area contributed by atoms with Gasteiger partial charge >= 0.3 is 5.97 Å². The molecule has 0 amide bonds. The van der Waals surface area contributed by atoms with Crippen LogP contribution in [-0.2, 0) is 4.79 Å². The van der Waals surface area contributed by atoms with Gasteiger partial charge in [0.25, 0.3) is 0 Å². The van der Waals surface area contributed by atoms with Crippen LogP contribution in [0.4, 0.5) is 0 Å². The molecule has 0 fully saturated rings. The number of hydrogen-bond donors (Lipinski definition) is 3. The van der Waals surface area contributed by atoms with Crippen LogP contribution in [0, 0.1) is 5.41 Å². The maximum Gasteiger partial charge on any atom is 0.338 e. The number of carboxylic acids is 1. The Balaban J connectivity index is 3.74. The van der Waals surface area contributed by atoms with Crippen molar-refractivity contribution in [2.45, 2.75) is 32.3 Å². The van der Waals surface area contributed by atoms with Gasteiger partial charge in [0.1, 0.15) is 0 Å². The van der Waals surface area contributed by atoms with Gasteiger partial charge in [0, 0.05) is 5.71 Å². The Morgan fingerprint density at radius 2 is 2.18 bits per heavy atom. The van der Waals surface area contributed by atoms with Crippen LogP contribution in [0.25, 0.3) is 0 Å². The summed E-state index contributed by atoms with van der Waals surface area (Å²) in [6.07, 6.45) is 0.406. The van der Waals surface area contributed by atoms with E-state index < -0.39 is 12.1 Å². The lowest BCUT2D eigenvalue weighted by molar-refractivity contribution is -0.143. The van der Waals surface area contributed by atoms with Gasteiger partial charge in [0.05, 0.1) is 0 Å². The van der Waals surface area contributed by atoms with Crippen LogP contribution in [-0.4, -0.2) is 28.0 Å². The maximum atomic E-state index is 10.1. The molecule has 0 rings (SSSR count). The molecule has 0 aliphatic heterocycles. The van der Waals surface area contributed by atoms with Crippen molar-refractivity contribution >= 4 is 11.7 Å². The van der Waals surface area contributed by atoms with E-state index in [1.165, 1.54) is 0 Å². The van der Waals surface area contributed by atoms with Gasteiger partial charge in [0.15, 0.2) is 6.10 Å². The molecule has 0 radical (unpaired) electrons. The zero-order valence-electron chi connectivity index (χ0n) is 6.50. The summed E-state index contributed by atoms with van der Waals surface area (Å²) in [4.78, 5) is 10.1. The number of carbonyl (C=O) groups is 1. The first-order valence-corrected chi connectivity index (χ1v) is 3.57. The van der Waals surface area contributed by atoms with Crippen LogP contribution in [0.2, 0.25) is 0 Å². The van der Waals surface area contributed by atoms with Gasteiger partial charge in [-0.2, -0.15) is 0 Å². The highest BCUT2D eigenvalue weighted by Crippen LogP contribution is 1.99. The minimum absolute atomic E-state index is 0.112. The van der Waals surface area contributed by atoms with Gasteiger partial charge in [-0.15, -0.1) is 0 Å². The van der Waals surface area contributed by atoms with Gasteiger partial charge in [-0.05, 0) is 12.8 Å². The second-order valence-electron chi connectivity index (χ2n) is 2.37. The standard InChI is InChI=1S/C7H13NO3/c1-2-3-4-5(8)6(9)7(10)11/h6,8-9H,2-4H2,1H3,(H,10,11). The van der Waals surface area contributed by atoms with Gasteiger partial charge in [-0.1, -0.05) is 13.3 Å². The highest BCUT2D eigenvalue weighted by Gasteiger charge is 2.17. The lowest BCUT2D eigenvalue weighted by atomic mass is 10.1. The van der Waals surface area contributed by atoms with E-state index in [1.54, 1.807) is 0 Å². The topological polar surface area (TPSA) is 81.4 Å². The molecule has 0 saturated heterocycles. The normalized spacial score (nSPS) is 12.5. The summed E-state index contributed by atoms with van der Waals surface area (Å²) in [7, 11) is 0. The van der Waals surface area contributed by atoms with E-state index in [0.29, 0.717) is 6.42 Å². The lowest BCUT2D eigenvalue weighted by Gasteiger charge is -2.05. The summed E-state index contributed by atoms with van der Waals surface area (Å²) in [5, 5.41) is 24.2. The van der Waals surface area contributed by atoms with Crippen LogP contribution in [0.15, 0.2) is 0 Å². The van der Waals surface area contributed by atoms with E-state index in [-0.39, 0.29) is 5.71 Å². The number of aliphatic hydroxyl groups excluding tert-OH is 1. The molecular formula is C7H13NO3. The Kier molecular flexibility index (Phi) is 4.45. The molecular weight excluding hydrogens is 146 g/mol. The number of hydrogen-bond acceptors (Lipinski definition) is 3. The molecule has 0 aromatic carbocycles. The van der Waals surface area contributed by atoms with E-state index >= 15 is 0 Å². The average molecular weight is 159 g/mol. The van der Waals surface area contributed by atoms with Gasteiger partial charge < -0.3 is 15.6 Å².